The number of nitrogens with one attached hydrogen (secondary N) is 2. The summed E-state index contributed by atoms with van der Waals surface area (Å²) in [6.45, 7) is 0.427. The van der Waals surface area contributed by atoms with Crippen LogP contribution in [0.4, 0.5) is 16.2 Å². The van der Waals surface area contributed by atoms with Gasteiger partial charge in [-0.2, -0.15) is 5.26 Å². The van der Waals surface area contributed by atoms with Crippen LogP contribution in [0.2, 0.25) is 0 Å². The number of hydrogen-bond acceptors (Lipinski definition) is 5. The van der Waals surface area contributed by atoms with E-state index in [-0.39, 0.29) is 0 Å². The number of carbonyl (C=O) groups is 2. The Kier molecular flexibility index (Phi) is 5.32. The number of nitriles is 1. The number of carbonyl (C=O) groups excluding carboxylic acids is 2. The van der Waals surface area contributed by atoms with Gasteiger partial charge in [-0.3, -0.25) is 10.1 Å². The van der Waals surface area contributed by atoms with E-state index in [0.29, 0.717) is 23.5 Å². The number of ether oxygens (including phenoxy) is 1. The molecule has 1 fully saturated rings. The molecule has 0 saturated carbocycles. The van der Waals surface area contributed by atoms with Gasteiger partial charge in [0.25, 0.3) is 5.91 Å². The molecule has 2 N–H and O–H groups in total. The molecule has 3 amide bonds. The van der Waals surface area contributed by atoms with Gasteiger partial charge >= 0.3 is 6.03 Å². The highest BCUT2D eigenvalue weighted by Gasteiger charge is 2.38. The normalized spacial score (nSPS) is 16.5. The third kappa shape index (κ3) is 4.06. The van der Waals surface area contributed by atoms with Gasteiger partial charge in [-0.1, -0.05) is 34.1 Å². The molecule has 1 atom stereocenters. The van der Waals surface area contributed by atoms with Gasteiger partial charge in [-0.15, -0.1) is 0 Å². The molecule has 0 aliphatic carbocycles. The number of urea groups is 1. The number of halogens is 1. The fourth-order valence-electron chi connectivity index (χ4n) is 3.87. The summed E-state index contributed by atoms with van der Waals surface area (Å²) in [6, 6.07) is 22.1. The van der Waals surface area contributed by atoms with Crippen molar-refractivity contribution in [3.63, 3.8) is 0 Å². The van der Waals surface area contributed by atoms with Gasteiger partial charge in [-0.25, -0.2) is 4.79 Å². The molecule has 162 valence electrons. The Bertz CT molecular complexity index is 1330. The lowest BCUT2D eigenvalue weighted by Gasteiger charge is -2.41. The van der Waals surface area contributed by atoms with E-state index in [1.165, 1.54) is 0 Å². The van der Waals surface area contributed by atoms with Crippen LogP contribution in [0.15, 0.2) is 76.8 Å². The smallest absolute Gasteiger partial charge is 0.323 e. The number of benzene rings is 3. The summed E-state index contributed by atoms with van der Waals surface area (Å²) in [5.74, 6) is 0.240. The molecule has 0 aromatic heterocycles. The summed E-state index contributed by atoms with van der Waals surface area (Å²) in [7, 11) is 0. The molecule has 3 aromatic carbocycles. The molecule has 0 radical (unpaired) electrons. The van der Waals surface area contributed by atoms with Crippen LogP contribution in [0.1, 0.15) is 16.7 Å². The van der Waals surface area contributed by atoms with Gasteiger partial charge in [0.05, 0.1) is 22.9 Å². The van der Waals surface area contributed by atoms with E-state index in [4.69, 9.17) is 4.74 Å². The summed E-state index contributed by atoms with van der Waals surface area (Å²) in [5, 5.41) is 14.5. The van der Waals surface area contributed by atoms with Crippen molar-refractivity contribution in [2.45, 2.75) is 12.8 Å². The monoisotopic (exact) mass is 500 g/mol. The van der Waals surface area contributed by atoms with E-state index in [0.717, 1.165) is 27.0 Å². The molecule has 8 heteroatoms. The highest BCUT2D eigenvalue weighted by Crippen LogP contribution is 2.39. The lowest BCUT2D eigenvalue weighted by molar-refractivity contribution is -0.117. The van der Waals surface area contributed by atoms with E-state index in [2.05, 4.69) is 32.6 Å². The van der Waals surface area contributed by atoms with Crippen LogP contribution in [-0.2, 0) is 11.4 Å². The van der Waals surface area contributed by atoms with Crippen molar-refractivity contribution in [3.05, 3.63) is 93.5 Å². The Morgan fingerprint density at radius 3 is 2.52 bits per heavy atom. The van der Waals surface area contributed by atoms with Crippen molar-refractivity contribution in [1.29, 1.82) is 5.26 Å². The summed E-state index contributed by atoms with van der Waals surface area (Å²) in [6.07, 6.45) is 1.05. The molecular formula is C25H17BrN4O3. The van der Waals surface area contributed by atoms with E-state index in [1.54, 1.807) is 24.3 Å². The summed E-state index contributed by atoms with van der Waals surface area (Å²) >= 11 is 3.42. The van der Waals surface area contributed by atoms with Crippen LogP contribution in [0.25, 0.3) is 6.08 Å². The first-order valence-corrected chi connectivity index (χ1v) is 11.0. The third-order valence-electron chi connectivity index (χ3n) is 5.47. The van der Waals surface area contributed by atoms with Gasteiger partial charge in [0.1, 0.15) is 18.5 Å². The fourth-order valence-corrected chi connectivity index (χ4v) is 4.14. The van der Waals surface area contributed by atoms with Gasteiger partial charge < -0.3 is 15.0 Å². The zero-order valence-electron chi connectivity index (χ0n) is 17.2. The van der Waals surface area contributed by atoms with Crippen molar-refractivity contribution >= 4 is 45.3 Å². The zero-order chi connectivity index (χ0) is 22.9. The van der Waals surface area contributed by atoms with Crippen molar-refractivity contribution in [3.8, 4) is 11.8 Å². The first-order chi connectivity index (χ1) is 16.0. The number of amides is 3. The van der Waals surface area contributed by atoms with Crippen LogP contribution in [0.3, 0.4) is 0 Å². The molecule has 1 unspecified atom stereocenters. The highest BCUT2D eigenvalue weighted by molar-refractivity contribution is 9.10. The number of anilines is 2. The molecule has 3 aromatic rings. The van der Waals surface area contributed by atoms with Gasteiger partial charge in [0.15, 0.2) is 0 Å². The van der Waals surface area contributed by atoms with Crippen LogP contribution in [0, 0.1) is 11.3 Å². The lowest BCUT2D eigenvalue weighted by atomic mass is 9.96. The van der Waals surface area contributed by atoms with Gasteiger partial charge in [-0.05, 0) is 65.7 Å². The van der Waals surface area contributed by atoms with Gasteiger partial charge in [0.2, 0.25) is 0 Å². The molecule has 1 saturated heterocycles. The average Bonchev–Trinajstić information content (AvgIpc) is 2.82. The summed E-state index contributed by atoms with van der Waals surface area (Å²) < 4.78 is 6.91. The van der Waals surface area contributed by atoms with Crippen LogP contribution >= 0.6 is 15.9 Å². The van der Waals surface area contributed by atoms with Crippen molar-refractivity contribution in [2.75, 3.05) is 4.90 Å². The number of nitrogens with zero attached hydrogens (tertiary/aromatic N) is 2. The van der Waals surface area contributed by atoms with Gasteiger partial charge in [0, 0.05) is 10.2 Å². The van der Waals surface area contributed by atoms with Crippen LogP contribution in [0.5, 0.6) is 5.75 Å². The minimum atomic E-state index is -0.692. The van der Waals surface area contributed by atoms with Crippen molar-refractivity contribution in [2.24, 2.45) is 0 Å². The molecule has 2 heterocycles. The molecule has 33 heavy (non-hydrogen) atoms. The Morgan fingerprint density at radius 1 is 1.03 bits per heavy atom. The van der Waals surface area contributed by atoms with Crippen LogP contribution in [-0.4, -0.2) is 18.1 Å². The topological polar surface area (TPSA) is 94.5 Å². The molecular weight excluding hydrogens is 484 g/mol. The predicted octanol–water partition coefficient (Wildman–Crippen LogP) is 4.60. The molecule has 7 nitrogen and oxygen atoms in total. The van der Waals surface area contributed by atoms with Crippen molar-refractivity contribution in [1.82, 2.24) is 10.6 Å². The number of imide groups is 1. The largest absolute Gasteiger partial charge is 0.489 e. The number of rotatable bonds is 4. The number of hydrogen-bond donors (Lipinski definition) is 2. The quantitative estimate of drug-likeness (QED) is 0.545. The minimum absolute atomic E-state index is 0.419. The molecule has 2 aliphatic rings. The van der Waals surface area contributed by atoms with Crippen LogP contribution < -0.4 is 20.3 Å². The Hall–Kier alpha value is -4.09. The second-order valence-electron chi connectivity index (χ2n) is 7.59. The first-order valence-electron chi connectivity index (χ1n) is 10.2. The molecule has 0 bridgehead atoms. The zero-order valence-corrected chi connectivity index (χ0v) is 18.8. The second kappa shape index (κ2) is 8.45. The van der Waals surface area contributed by atoms with E-state index in [9.17, 15) is 14.9 Å². The Labute approximate surface area is 198 Å². The molecule has 0 spiro atoms. The SMILES string of the molecule is N#Cc1ccc2c(c1)N(c1ccc(OCc3ccc(Br)cc3)cc1)C1NC(=O)NC(=O)C1=C2. The maximum atomic E-state index is 12.5. The number of fused-ring (bicyclic) bond motifs is 2. The fraction of sp³-hybridized carbons (Fsp3) is 0.0800. The van der Waals surface area contributed by atoms with Crippen molar-refractivity contribution < 1.29 is 14.3 Å². The van der Waals surface area contributed by atoms with E-state index in [1.807, 2.05) is 53.4 Å². The lowest BCUT2D eigenvalue weighted by Crippen LogP contribution is -2.60. The molecule has 5 rings (SSSR count). The average molecular weight is 501 g/mol. The maximum absolute atomic E-state index is 12.5. The Balaban J connectivity index is 1.47. The van der Waals surface area contributed by atoms with E-state index < -0.39 is 18.1 Å². The minimum Gasteiger partial charge on any atom is -0.489 e. The highest BCUT2D eigenvalue weighted by atomic mass is 79.9. The Morgan fingerprint density at radius 2 is 1.79 bits per heavy atom. The first kappa shape index (κ1) is 20.8. The summed E-state index contributed by atoms with van der Waals surface area (Å²) in [5.41, 5.74) is 4.19. The third-order valence-corrected chi connectivity index (χ3v) is 6.00. The van der Waals surface area contributed by atoms with E-state index >= 15 is 0 Å². The maximum Gasteiger partial charge on any atom is 0.323 e. The standard InChI is InChI=1S/C25H17BrN4O3/c26-18-5-2-15(3-6-18)14-33-20-9-7-19(8-10-20)30-22-11-16(13-27)1-4-17(22)12-21-23(30)28-25(32)29-24(21)31/h1-12,23H,14H2,(H2,28,29,31,32). The second-order valence-corrected chi connectivity index (χ2v) is 8.51. The molecule has 2 aliphatic heterocycles. The summed E-state index contributed by atoms with van der Waals surface area (Å²) in [4.78, 5) is 26.4. The predicted molar refractivity (Wildman–Crippen MR) is 127 cm³/mol.